The van der Waals surface area contributed by atoms with Crippen molar-refractivity contribution in [2.24, 2.45) is 0 Å². The fraction of sp³-hybridized carbons (Fsp3) is 0.571. The van der Waals surface area contributed by atoms with Crippen molar-refractivity contribution in [3.05, 3.63) is 35.4 Å². The summed E-state index contributed by atoms with van der Waals surface area (Å²) in [5.41, 5.74) is 1.99. The first kappa shape index (κ1) is 11.6. The molecule has 16 heavy (non-hydrogen) atoms. The van der Waals surface area contributed by atoms with Gasteiger partial charge in [-0.15, -0.1) is 0 Å². The minimum atomic E-state index is -0.527. The van der Waals surface area contributed by atoms with Crippen molar-refractivity contribution in [2.75, 3.05) is 20.1 Å². The Morgan fingerprint density at radius 1 is 1.44 bits per heavy atom. The van der Waals surface area contributed by atoms with Gasteiger partial charge in [0, 0.05) is 13.0 Å². The van der Waals surface area contributed by atoms with Crippen molar-refractivity contribution in [1.82, 2.24) is 4.90 Å². The summed E-state index contributed by atoms with van der Waals surface area (Å²) in [6.45, 7) is 4.00. The lowest BCUT2D eigenvalue weighted by Gasteiger charge is -2.37. The van der Waals surface area contributed by atoms with Crippen LogP contribution in [-0.2, 0) is 6.42 Å². The van der Waals surface area contributed by atoms with E-state index in [9.17, 15) is 5.11 Å². The number of piperidine rings is 1. The standard InChI is InChI=1S/C14H21NO/c1-12-5-3-6-13(9-12)10-14(16)7-4-8-15(2)11-14/h3,5-6,9,16H,4,7-8,10-11H2,1-2H3. The molecule has 1 aromatic rings. The Morgan fingerprint density at radius 3 is 2.94 bits per heavy atom. The third-order valence-corrected chi connectivity index (χ3v) is 3.36. The molecule has 1 aliphatic heterocycles. The van der Waals surface area contributed by atoms with E-state index in [0.29, 0.717) is 0 Å². The van der Waals surface area contributed by atoms with Gasteiger partial charge in [0.05, 0.1) is 5.60 Å². The van der Waals surface area contributed by atoms with Gasteiger partial charge in [-0.2, -0.15) is 0 Å². The lowest BCUT2D eigenvalue weighted by atomic mass is 9.86. The molecular weight excluding hydrogens is 198 g/mol. The number of hydrogen-bond donors (Lipinski definition) is 1. The molecule has 0 amide bonds. The van der Waals surface area contributed by atoms with Crippen LogP contribution in [-0.4, -0.2) is 35.7 Å². The van der Waals surface area contributed by atoms with Crippen LogP contribution >= 0.6 is 0 Å². The molecule has 0 spiro atoms. The third kappa shape index (κ3) is 2.83. The van der Waals surface area contributed by atoms with Crippen molar-refractivity contribution in [3.63, 3.8) is 0 Å². The SMILES string of the molecule is Cc1cccc(CC2(O)CCCN(C)C2)c1. The predicted molar refractivity (Wildman–Crippen MR) is 66.6 cm³/mol. The second kappa shape index (κ2) is 4.56. The topological polar surface area (TPSA) is 23.5 Å². The van der Waals surface area contributed by atoms with Crippen LogP contribution in [0.5, 0.6) is 0 Å². The van der Waals surface area contributed by atoms with E-state index < -0.39 is 5.60 Å². The van der Waals surface area contributed by atoms with Crippen molar-refractivity contribution in [3.8, 4) is 0 Å². The Labute approximate surface area is 97.9 Å². The molecule has 0 aromatic heterocycles. The van der Waals surface area contributed by atoms with Gasteiger partial charge in [-0.3, -0.25) is 0 Å². The first-order valence-electron chi connectivity index (χ1n) is 6.04. The second-order valence-corrected chi connectivity index (χ2v) is 5.23. The van der Waals surface area contributed by atoms with E-state index in [0.717, 1.165) is 32.4 Å². The van der Waals surface area contributed by atoms with E-state index in [1.807, 2.05) is 0 Å². The quantitative estimate of drug-likeness (QED) is 0.822. The molecule has 0 saturated carbocycles. The van der Waals surface area contributed by atoms with Crippen LogP contribution in [0.15, 0.2) is 24.3 Å². The molecular formula is C14H21NO. The number of likely N-dealkylation sites (tertiary alicyclic amines) is 1. The maximum Gasteiger partial charge on any atom is 0.0814 e. The number of nitrogens with zero attached hydrogens (tertiary/aromatic N) is 1. The van der Waals surface area contributed by atoms with Crippen molar-refractivity contribution >= 4 is 0 Å². The van der Waals surface area contributed by atoms with Crippen molar-refractivity contribution in [2.45, 2.75) is 31.8 Å². The minimum absolute atomic E-state index is 0.527. The second-order valence-electron chi connectivity index (χ2n) is 5.23. The summed E-state index contributed by atoms with van der Waals surface area (Å²) in [6, 6.07) is 8.45. The average Bonchev–Trinajstić information content (AvgIpc) is 2.16. The summed E-state index contributed by atoms with van der Waals surface area (Å²) < 4.78 is 0. The van der Waals surface area contributed by atoms with E-state index in [-0.39, 0.29) is 0 Å². The Hall–Kier alpha value is -0.860. The van der Waals surface area contributed by atoms with E-state index in [4.69, 9.17) is 0 Å². The van der Waals surface area contributed by atoms with Gasteiger partial charge in [-0.05, 0) is 38.9 Å². The molecule has 1 aromatic carbocycles. The molecule has 1 aliphatic rings. The molecule has 1 heterocycles. The van der Waals surface area contributed by atoms with Crippen LogP contribution in [0.25, 0.3) is 0 Å². The van der Waals surface area contributed by atoms with E-state index in [1.54, 1.807) is 0 Å². The van der Waals surface area contributed by atoms with Gasteiger partial charge in [0.1, 0.15) is 0 Å². The molecule has 1 saturated heterocycles. The monoisotopic (exact) mass is 219 g/mol. The lowest BCUT2D eigenvalue weighted by Crippen LogP contribution is -2.47. The maximum absolute atomic E-state index is 10.5. The molecule has 1 atom stereocenters. The van der Waals surface area contributed by atoms with Crippen LogP contribution in [0, 0.1) is 6.92 Å². The van der Waals surface area contributed by atoms with Crippen LogP contribution in [0.3, 0.4) is 0 Å². The zero-order valence-corrected chi connectivity index (χ0v) is 10.2. The number of benzene rings is 1. The zero-order valence-electron chi connectivity index (χ0n) is 10.2. The smallest absolute Gasteiger partial charge is 0.0814 e. The van der Waals surface area contributed by atoms with Gasteiger partial charge < -0.3 is 10.0 Å². The number of aryl methyl sites for hydroxylation is 1. The number of hydrogen-bond acceptors (Lipinski definition) is 2. The molecule has 0 radical (unpaired) electrons. The number of β-amino-alcohol motifs (C(OH)–C–C–N with tert-alkyl or cyclic N) is 1. The molecule has 88 valence electrons. The number of rotatable bonds is 2. The highest BCUT2D eigenvalue weighted by Crippen LogP contribution is 2.24. The van der Waals surface area contributed by atoms with Crippen LogP contribution in [0.2, 0.25) is 0 Å². The molecule has 2 heteroatoms. The van der Waals surface area contributed by atoms with Crippen LogP contribution < -0.4 is 0 Å². The van der Waals surface area contributed by atoms with Gasteiger partial charge in [-0.1, -0.05) is 29.8 Å². The van der Waals surface area contributed by atoms with Gasteiger partial charge in [-0.25, -0.2) is 0 Å². The van der Waals surface area contributed by atoms with E-state index in [2.05, 4.69) is 43.1 Å². The molecule has 0 bridgehead atoms. The van der Waals surface area contributed by atoms with Crippen molar-refractivity contribution in [1.29, 1.82) is 0 Å². The number of aliphatic hydroxyl groups is 1. The summed E-state index contributed by atoms with van der Waals surface area (Å²) in [6.07, 6.45) is 2.79. The Kier molecular flexibility index (Phi) is 3.31. The van der Waals surface area contributed by atoms with Gasteiger partial charge in [0.2, 0.25) is 0 Å². The third-order valence-electron chi connectivity index (χ3n) is 3.36. The van der Waals surface area contributed by atoms with Gasteiger partial charge in [0.15, 0.2) is 0 Å². The summed E-state index contributed by atoms with van der Waals surface area (Å²) in [5, 5.41) is 10.5. The summed E-state index contributed by atoms with van der Waals surface area (Å²) in [4.78, 5) is 2.22. The molecule has 1 N–H and O–H groups in total. The maximum atomic E-state index is 10.5. The van der Waals surface area contributed by atoms with E-state index >= 15 is 0 Å². The first-order valence-corrected chi connectivity index (χ1v) is 6.04. The summed E-state index contributed by atoms with van der Waals surface area (Å²) in [5.74, 6) is 0. The fourth-order valence-electron chi connectivity index (χ4n) is 2.68. The predicted octanol–water partition coefficient (Wildman–Crippen LogP) is 1.99. The van der Waals surface area contributed by atoms with Gasteiger partial charge in [0.25, 0.3) is 0 Å². The first-order chi connectivity index (χ1) is 7.57. The van der Waals surface area contributed by atoms with Crippen LogP contribution in [0.1, 0.15) is 24.0 Å². The number of likely N-dealkylation sites (N-methyl/N-ethyl adjacent to an activating group) is 1. The average molecular weight is 219 g/mol. The fourth-order valence-corrected chi connectivity index (χ4v) is 2.68. The Morgan fingerprint density at radius 2 is 2.25 bits per heavy atom. The van der Waals surface area contributed by atoms with Crippen molar-refractivity contribution < 1.29 is 5.11 Å². The van der Waals surface area contributed by atoms with Crippen LogP contribution in [0.4, 0.5) is 0 Å². The minimum Gasteiger partial charge on any atom is -0.388 e. The molecule has 0 aliphatic carbocycles. The molecule has 2 rings (SSSR count). The summed E-state index contributed by atoms with van der Waals surface area (Å²) >= 11 is 0. The molecule has 1 unspecified atom stereocenters. The highest BCUT2D eigenvalue weighted by Gasteiger charge is 2.31. The summed E-state index contributed by atoms with van der Waals surface area (Å²) in [7, 11) is 2.08. The van der Waals surface area contributed by atoms with Gasteiger partial charge >= 0.3 is 0 Å². The normalized spacial score (nSPS) is 26.9. The lowest BCUT2D eigenvalue weighted by molar-refractivity contribution is -0.0223. The molecule has 2 nitrogen and oxygen atoms in total. The zero-order chi connectivity index (χ0) is 11.6. The highest BCUT2D eigenvalue weighted by atomic mass is 16.3. The van der Waals surface area contributed by atoms with E-state index in [1.165, 1.54) is 11.1 Å². The molecule has 1 fully saturated rings. The Balaban J connectivity index is 2.08. The largest absolute Gasteiger partial charge is 0.388 e. The Bertz CT molecular complexity index is 364. The highest BCUT2D eigenvalue weighted by molar-refractivity contribution is 5.24.